The van der Waals surface area contributed by atoms with Crippen molar-refractivity contribution in [1.82, 2.24) is 14.3 Å². The van der Waals surface area contributed by atoms with Crippen molar-refractivity contribution in [3.05, 3.63) is 56.4 Å². The van der Waals surface area contributed by atoms with Crippen LogP contribution in [0.25, 0.3) is 0 Å². The van der Waals surface area contributed by atoms with Crippen molar-refractivity contribution >= 4 is 0 Å². The summed E-state index contributed by atoms with van der Waals surface area (Å²) < 4.78 is 14.4. The molecule has 30 heavy (non-hydrogen) atoms. The van der Waals surface area contributed by atoms with E-state index in [4.69, 9.17) is 9.47 Å². The van der Waals surface area contributed by atoms with E-state index < -0.39 is 0 Å². The van der Waals surface area contributed by atoms with E-state index in [2.05, 4.69) is 29.4 Å². The van der Waals surface area contributed by atoms with E-state index in [0.717, 1.165) is 40.2 Å². The Hall–Kier alpha value is -2.70. The molecule has 0 amide bonds. The van der Waals surface area contributed by atoms with Crippen molar-refractivity contribution in [2.24, 2.45) is 41.5 Å². The lowest BCUT2D eigenvalue weighted by Crippen LogP contribution is -2.43. The first-order valence-electron chi connectivity index (χ1n) is 10.8. The lowest BCUT2D eigenvalue weighted by atomic mass is 9.53. The minimum atomic E-state index is -0.352. The fraction of sp³-hybridized carbons (Fsp3) is 0.565. The molecule has 9 atom stereocenters. The second-order valence-electron chi connectivity index (χ2n) is 10.2. The summed E-state index contributed by atoms with van der Waals surface area (Å²) in [6.45, 7) is 0. The normalized spacial score (nSPS) is 46.4. The summed E-state index contributed by atoms with van der Waals surface area (Å²) in [6, 6.07) is 4.02. The minimum Gasteiger partial charge on any atom is -0.496 e. The number of ether oxygens (including phenoxy) is 2. The Kier molecular flexibility index (Phi) is 2.32. The van der Waals surface area contributed by atoms with Gasteiger partial charge >= 0.3 is 11.4 Å². The number of methoxy groups -OCH3 is 2. The SMILES string of the molecule is COc1ccc(OC)c2c1[C@H]1[C@H]3[C@@H]4[C@@H]3[C@H]2[C@]23C[C@H](n5[nH]c(=O)n(C)c5=O)C=C[C@@]12[C@@H]43. The Balaban J connectivity index is 1.35. The van der Waals surface area contributed by atoms with Crippen molar-refractivity contribution in [2.75, 3.05) is 14.2 Å². The van der Waals surface area contributed by atoms with Crippen molar-refractivity contribution in [2.45, 2.75) is 24.3 Å². The smallest absolute Gasteiger partial charge is 0.347 e. The van der Waals surface area contributed by atoms with Gasteiger partial charge in [0.1, 0.15) is 11.5 Å². The van der Waals surface area contributed by atoms with Gasteiger partial charge in [0, 0.05) is 29.5 Å². The molecule has 1 heterocycles. The van der Waals surface area contributed by atoms with Crippen LogP contribution >= 0.6 is 0 Å². The third-order valence-corrected chi connectivity index (χ3v) is 9.96. The number of benzene rings is 1. The zero-order chi connectivity index (χ0) is 20.3. The molecule has 2 bridgehead atoms. The number of allylic oxidation sites excluding steroid dienone is 2. The van der Waals surface area contributed by atoms with E-state index in [1.54, 1.807) is 14.2 Å². The largest absolute Gasteiger partial charge is 0.496 e. The topological polar surface area (TPSA) is 78.2 Å². The highest BCUT2D eigenvalue weighted by atomic mass is 16.5. The first-order chi connectivity index (χ1) is 14.5. The van der Waals surface area contributed by atoms with Gasteiger partial charge in [-0.1, -0.05) is 12.2 Å². The summed E-state index contributed by atoms with van der Waals surface area (Å²) in [6.07, 6.45) is 5.52. The van der Waals surface area contributed by atoms with Gasteiger partial charge in [0.15, 0.2) is 0 Å². The van der Waals surface area contributed by atoms with Gasteiger partial charge in [-0.3, -0.25) is 0 Å². The van der Waals surface area contributed by atoms with Gasteiger partial charge in [0.25, 0.3) is 0 Å². The highest BCUT2D eigenvalue weighted by Gasteiger charge is 3.01. The maximum atomic E-state index is 12.6. The molecule has 1 aromatic heterocycles. The predicted octanol–water partition coefficient (Wildman–Crippen LogP) is 1.77. The zero-order valence-corrected chi connectivity index (χ0v) is 17.1. The monoisotopic (exact) mass is 405 g/mol. The number of H-pyrrole nitrogens is 1. The van der Waals surface area contributed by atoms with Gasteiger partial charge < -0.3 is 9.47 Å². The second-order valence-corrected chi connectivity index (χ2v) is 10.2. The van der Waals surface area contributed by atoms with Crippen molar-refractivity contribution < 1.29 is 9.47 Å². The van der Waals surface area contributed by atoms with Crippen LogP contribution in [0.2, 0.25) is 0 Å². The van der Waals surface area contributed by atoms with Crippen LogP contribution in [0.1, 0.15) is 35.4 Å². The van der Waals surface area contributed by atoms with Crippen LogP contribution in [0.4, 0.5) is 0 Å². The van der Waals surface area contributed by atoms with Crippen LogP contribution in [-0.2, 0) is 7.05 Å². The van der Waals surface area contributed by atoms with E-state index in [-0.39, 0.29) is 28.3 Å². The van der Waals surface area contributed by atoms with Gasteiger partial charge in [-0.25, -0.2) is 23.9 Å². The minimum absolute atomic E-state index is 0.0973. The Morgan fingerprint density at radius 3 is 2.33 bits per heavy atom. The number of nitrogens with one attached hydrogen (secondary N) is 1. The number of hydrogen-bond donors (Lipinski definition) is 1. The van der Waals surface area contributed by atoms with Crippen LogP contribution in [0.5, 0.6) is 11.5 Å². The van der Waals surface area contributed by atoms with Crippen molar-refractivity contribution in [3.63, 3.8) is 0 Å². The van der Waals surface area contributed by atoms with E-state index in [1.165, 1.54) is 22.9 Å². The summed E-state index contributed by atoms with van der Waals surface area (Å²) in [5, 5.41) is 2.77. The van der Waals surface area contributed by atoms with Crippen molar-refractivity contribution in [1.29, 1.82) is 0 Å². The molecule has 7 aliphatic rings. The lowest BCUT2D eigenvalue weighted by Gasteiger charge is -2.50. The van der Waals surface area contributed by atoms with E-state index >= 15 is 0 Å². The Morgan fingerprint density at radius 2 is 1.70 bits per heavy atom. The molecule has 0 aliphatic heterocycles. The first-order valence-corrected chi connectivity index (χ1v) is 10.8. The highest BCUT2D eigenvalue weighted by Crippen LogP contribution is 3.06. The lowest BCUT2D eigenvalue weighted by molar-refractivity contribution is 0.131. The number of rotatable bonds is 3. The fourth-order valence-corrected chi connectivity index (χ4v) is 9.46. The molecule has 4 fully saturated rings. The second kappa shape index (κ2) is 4.34. The molecule has 1 N–H and O–H groups in total. The molecular formula is C23H23N3O4. The number of aromatic amines is 1. The number of aromatic nitrogens is 3. The van der Waals surface area contributed by atoms with Gasteiger partial charge in [-0.15, -0.1) is 0 Å². The third-order valence-electron chi connectivity index (χ3n) is 9.96. The zero-order valence-electron chi connectivity index (χ0n) is 17.1. The summed E-state index contributed by atoms with van der Waals surface area (Å²) in [4.78, 5) is 24.7. The Labute approximate surface area is 172 Å². The number of hydrogen-bond acceptors (Lipinski definition) is 4. The van der Waals surface area contributed by atoms with E-state index in [9.17, 15) is 9.59 Å². The summed E-state index contributed by atoms with van der Waals surface area (Å²) in [5.74, 6) is 5.93. The maximum Gasteiger partial charge on any atom is 0.347 e. The summed E-state index contributed by atoms with van der Waals surface area (Å²) >= 11 is 0. The molecule has 0 unspecified atom stereocenters. The van der Waals surface area contributed by atoms with Crippen LogP contribution < -0.4 is 20.9 Å². The first kappa shape index (κ1) is 16.1. The molecule has 0 saturated heterocycles. The summed E-state index contributed by atoms with van der Waals surface area (Å²) in [7, 11) is 5.06. The predicted molar refractivity (Wildman–Crippen MR) is 107 cm³/mol. The van der Waals surface area contributed by atoms with Gasteiger partial charge in [0.05, 0.1) is 20.3 Å². The summed E-state index contributed by atoms with van der Waals surface area (Å²) in [5.41, 5.74) is 2.51. The van der Waals surface area contributed by atoms with Crippen LogP contribution in [0.3, 0.4) is 0 Å². The molecular weight excluding hydrogens is 382 g/mol. The molecule has 154 valence electrons. The molecule has 2 aromatic rings. The third kappa shape index (κ3) is 1.23. The molecule has 7 heteroatoms. The quantitative estimate of drug-likeness (QED) is 0.790. The van der Waals surface area contributed by atoms with E-state index in [0.29, 0.717) is 17.8 Å². The van der Waals surface area contributed by atoms with Crippen molar-refractivity contribution in [3.8, 4) is 11.5 Å². The van der Waals surface area contributed by atoms with Gasteiger partial charge in [-0.2, -0.15) is 0 Å². The Morgan fingerprint density at radius 1 is 1.03 bits per heavy atom. The molecule has 0 radical (unpaired) electrons. The number of nitrogens with zero attached hydrogens (tertiary/aromatic N) is 2. The fourth-order valence-electron chi connectivity index (χ4n) is 9.46. The molecule has 4 saturated carbocycles. The standard InChI is InChI=1S/C23H23N3O4/c1-25-20(27)24-26(21(25)28)9-6-7-22-17-12-10(29-2)4-5-11(30-3)13(12)18-15-14(17)16(15)19(22)23(18,22)8-9/h4-7,9,14-19H,8H2,1-3H3,(H,24,27)/t9-,14-,15-,16-,17+,18+,19-,22+,23+/m1/s1. The van der Waals surface area contributed by atoms with Gasteiger partial charge in [0.2, 0.25) is 0 Å². The van der Waals surface area contributed by atoms with Gasteiger partial charge in [-0.05, 0) is 53.6 Å². The molecule has 2 spiro atoms. The molecule has 1 aromatic carbocycles. The molecule has 7 nitrogen and oxygen atoms in total. The Bertz CT molecular complexity index is 1330. The van der Waals surface area contributed by atoms with E-state index in [1.807, 2.05) is 0 Å². The van der Waals surface area contributed by atoms with Crippen LogP contribution in [0, 0.1) is 34.5 Å². The van der Waals surface area contributed by atoms with Crippen LogP contribution in [0.15, 0.2) is 33.9 Å². The highest BCUT2D eigenvalue weighted by molar-refractivity contribution is 5.70. The van der Waals surface area contributed by atoms with Crippen LogP contribution in [-0.4, -0.2) is 28.6 Å². The average molecular weight is 405 g/mol. The molecule has 7 aliphatic carbocycles. The maximum absolute atomic E-state index is 12.6. The molecule has 9 rings (SSSR count). The average Bonchev–Trinajstić information content (AvgIpc) is 3.53.